The van der Waals surface area contributed by atoms with Crippen LogP contribution in [0.2, 0.25) is 0 Å². The molecule has 20 heavy (non-hydrogen) atoms. The van der Waals surface area contributed by atoms with Crippen LogP contribution in [-0.2, 0) is 6.42 Å². The standard InChI is InChI=1S/C15H21NO4/c1-4-12-11(15(18)19)7-13(20-12)14(17)16-8-9(2)5-6-10(16)3/h7,9-10H,4-6,8H2,1-3H3,(H,18,19). The third kappa shape index (κ3) is 2.71. The molecule has 1 fully saturated rings. The summed E-state index contributed by atoms with van der Waals surface area (Å²) in [5.74, 6) is -0.288. The van der Waals surface area contributed by atoms with Crippen molar-refractivity contribution in [1.82, 2.24) is 4.90 Å². The second kappa shape index (κ2) is 5.69. The lowest BCUT2D eigenvalue weighted by atomic mass is 9.95. The third-order valence-electron chi connectivity index (χ3n) is 3.95. The van der Waals surface area contributed by atoms with Crippen LogP contribution in [0.5, 0.6) is 0 Å². The highest BCUT2D eigenvalue weighted by Crippen LogP contribution is 2.25. The Morgan fingerprint density at radius 3 is 2.65 bits per heavy atom. The molecule has 1 aromatic rings. The van der Waals surface area contributed by atoms with Gasteiger partial charge >= 0.3 is 5.97 Å². The van der Waals surface area contributed by atoms with Gasteiger partial charge < -0.3 is 14.4 Å². The Morgan fingerprint density at radius 1 is 1.40 bits per heavy atom. The zero-order valence-corrected chi connectivity index (χ0v) is 12.2. The SMILES string of the molecule is CCc1oc(C(=O)N2CC(C)CCC2C)cc1C(=O)O. The molecule has 110 valence electrons. The lowest BCUT2D eigenvalue weighted by Gasteiger charge is -2.36. The molecule has 1 saturated heterocycles. The van der Waals surface area contributed by atoms with Crippen LogP contribution in [0.4, 0.5) is 0 Å². The maximum Gasteiger partial charge on any atom is 0.339 e. The van der Waals surface area contributed by atoms with E-state index in [4.69, 9.17) is 9.52 Å². The molecule has 5 heteroatoms. The van der Waals surface area contributed by atoms with E-state index in [0.717, 1.165) is 12.8 Å². The van der Waals surface area contributed by atoms with E-state index < -0.39 is 5.97 Å². The monoisotopic (exact) mass is 279 g/mol. The van der Waals surface area contributed by atoms with E-state index in [2.05, 4.69) is 6.92 Å². The number of aromatic carboxylic acids is 1. The largest absolute Gasteiger partial charge is 0.478 e. The second-order valence-corrected chi connectivity index (χ2v) is 5.60. The van der Waals surface area contributed by atoms with Crippen LogP contribution < -0.4 is 0 Å². The van der Waals surface area contributed by atoms with Crippen molar-refractivity contribution in [1.29, 1.82) is 0 Å². The molecule has 1 N–H and O–H groups in total. The van der Waals surface area contributed by atoms with E-state index in [1.807, 2.05) is 13.8 Å². The number of aryl methyl sites for hydroxylation is 1. The van der Waals surface area contributed by atoms with Gasteiger partial charge in [-0.2, -0.15) is 0 Å². The fourth-order valence-electron chi connectivity index (χ4n) is 2.69. The Morgan fingerprint density at radius 2 is 2.10 bits per heavy atom. The van der Waals surface area contributed by atoms with Crippen molar-refractivity contribution in [2.24, 2.45) is 5.92 Å². The van der Waals surface area contributed by atoms with Gasteiger partial charge in [0, 0.05) is 25.1 Å². The molecule has 1 aliphatic rings. The lowest BCUT2D eigenvalue weighted by Crippen LogP contribution is -2.44. The first kappa shape index (κ1) is 14.6. The second-order valence-electron chi connectivity index (χ2n) is 5.60. The van der Waals surface area contributed by atoms with Crippen LogP contribution >= 0.6 is 0 Å². The van der Waals surface area contributed by atoms with Crippen molar-refractivity contribution in [3.8, 4) is 0 Å². The number of rotatable bonds is 3. The fraction of sp³-hybridized carbons (Fsp3) is 0.600. The van der Waals surface area contributed by atoms with E-state index in [9.17, 15) is 9.59 Å². The summed E-state index contributed by atoms with van der Waals surface area (Å²) in [4.78, 5) is 25.4. The molecule has 0 radical (unpaired) electrons. The fourth-order valence-corrected chi connectivity index (χ4v) is 2.69. The van der Waals surface area contributed by atoms with Crippen molar-refractivity contribution in [3.05, 3.63) is 23.2 Å². The summed E-state index contributed by atoms with van der Waals surface area (Å²) in [6.45, 7) is 6.65. The van der Waals surface area contributed by atoms with Gasteiger partial charge in [-0.3, -0.25) is 4.79 Å². The Kier molecular flexibility index (Phi) is 4.16. The van der Waals surface area contributed by atoms with Gasteiger partial charge in [0.15, 0.2) is 5.76 Å². The summed E-state index contributed by atoms with van der Waals surface area (Å²) in [7, 11) is 0. The summed E-state index contributed by atoms with van der Waals surface area (Å²) >= 11 is 0. The quantitative estimate of drug-likeness (QED) is 0.923. The summed E-state index contributed by atoms with van der Waals surface area (Å²) in [6, 6.07) is 1.53. The molecule has 2 rings (SSSR count). The third-order valence-corrected chi connectivity index (χ3v) is 3.95. The number of carboxylic acids is 1. The molecule has 0 saturated carbocycles. The number of carboxylic acid groups (broad SMARTS) is 1. The number of furan rings is 1. The smallest absolute Gasteiger partial charge is 0.339 e. The first-order chi connectivity index (χ1) is 9.43. The minimum atomic E-state index is -1.05. The van der Waals surface area contributed by atoms with Gasteiger partial charge in [-0.1, -0.05) is 13.8 Å². The Balaban J connectivity index is 2.26. The number of carbonyl (C=O) groups is 2. The predicted molar refractivity (Wildman–Crippen MR) is 73.9 cm³/mol. The number of nitrogens with zero attached hydrogens (tertiary/aromatic N) is 1. The molecule has 0 aromatic carbocycles. The minimum Gasteiger partial charge on any atom is -0.478 e. The average molecular weight is 279 g/mol. The van der Waals surface area contributed by atoms with Crippen LogP contribution in [0.15, 0.2) is 10.5 Å². The summed E-state index contributed by atoms with van der Waals surface area (Å²) in [5, 5.41) is 9.11. The van der Waals surface area contributed by atoms with E-state index >= 15 is 0 Å². The van der Waals surface area contributed by atoms with Crippen molar-refractivity contribution in [3.63, 3.8) is 0 Å². The molecule has 2 atom stereocenters. The van der Waals surface area contributed by atoms with E-state index in [1.54, 1.807) is 4.90 Å². The molecule has 5 nitrogen and oxygen atoms in total. The zero-order valence-electron chi connectivity index (χ0n) is 12.2. The number of likely N-dealkylation sites (tertiary alicyclic amines) is 1. The molecular weight excluding hydrogens is 258 g/mol. The first-order valence-corrected chi connectivity index (χ1v) is 7.11. The molecule has 0 aliphatic carbocycles. The van der Waals surface area contributed by atoms with Crippen molar-refractivity contribution >= 4 is 11.9 Å². The van der Waals surface area contributed by atoms with Gasteiger partial charge in [0.05, 0.1) is 0 Å². The molecule has 1 amide bonds. The van der Waals surface area contributed by atoms with E-state index in [1.165, 1.54) is 6.07 Å². The maximum atomic E-state index is 12.5. The minimum absolute atomic E-state index is 0.0913. The Bertz CT molecular complexity index is 520. The highest BCUT2D eigenvalue weighted by Gasteiger charge is 2.30. The molecule has 2 unspecified atom stereocenters. The predicted octanol–water partition coefficient (Wildman–Crippen LogP) is 2.80. The first-order valence-electron chi connectivity index (χ1n) is 7.11. The molecule has 2 heterocycles. The number of hydrogen-bond acceptors (Lipinski definition) is 3. The highest BCUT2D eigenvalue weighted by molar-refractivity contribution is 5.96. The van der Waals surface area contributed by atoms with E-state index in [-0.39, 0.29) is 23.3 Å². The number of piperidine rings is 1. The number of carbonyl (C=O) groups excluding carboxylic acids is 1. The topological polar surface area (TPSA) is 70.8 Å². The Hall–Kier alpha value is -1.78. The van der Waals surface area contributed by atoms with Gasteiger partial charge in [-0.05, 0) is 25.7 Å². The van der Waals surface area contributed by atoms with Crippen LogP contribution in [0, 0.1) is 5.92 Å². The summed E-state index contributed by atoms with van der Waals surface area (Å²) in [6.07, 6.45) is 2.55. The van der Waals surface area contributed by atoms with Crippen LogP contribution in [0.3, 0.4) is 0 Å². The van der Waals surface area contributed by atoms with Gasteiger partial charge in [-0.15, -0.1) is 0 Å². The molecular formula is C15H21NO4. The highest BCUT2D eigenvalue weighted by atomic mass is 16.4. The molecule has 1 aliphatic heterocycles. The average Bonchev–Trinajstić information content (AvgIpc) is 2.85. The van der Waals surface area contributed by atoms with Crippen LogP contribution in [0.25, 0.3) is 0 Å². The van der Waals surface area contributed by atoms with E-state index in [0.29, 0.717) is 24.6 Å². The van der Waals surface area contributed by atoms with Crippen LogP contribution in [0.1, 0.15) is 60.3 Å². The maximum absolute atomic E-state index is 12.5. The molecule has 1 aromatic heterocycles. The lowest BCUT2D eigenvalue weighted by molar-refractivity contribution is 0.0539. The zero-order chi connectivity index (χ0) is 14.9. The molecule has 0 spiro atoms. The number of amides is 1. The normalized spacial score (nSPS) is 22.9. The van der Waals surface area contributed by atoms with Gasteiger partial charge in [0.1, 0.15) is 11.3 Å². The molecule has 0 bridgehead atoms. The van der Waals surface area contributed by atoms with Crippen molar-refractivity contribution in [2.75, 3.05) is 6.54 Å². The Labute approximate surface area is 118 Å². The van der Waals surface area contributed by atoms with Gasteiger partial charge in [0.25, 0.3) is 5.91 Å². The summed E-state index contributed by atoms with van der Waals surface area (Å²) < 4.78 is 5.45. The summed E-state index contributed by atoms with van der Waals surface area (Å²) in [5.41, 5.74) is 0.0913. The van der Waals surface area contributed by atoms with Gasteiger partial charge in [-0.25, -0.2) is 4.79 Å². The number of hydrogen-bond donors (Lipinski definition) is 1. The van der Waals surface area contributed by atoms with Crippen molar-refractivity contribution < 1.29 is 19.1 Å². The van der Waals surface area contributed by atoms with Crippen LogP contribution in [-0.4, -0.2) is 34.5 Å². The van der Waals surface area contributed by atoms with Gasteiger partial charge in [0.2, 0.25) is 0 Å². The van der Waals surface area contributed by atoms with Crippen molar-refractivity contribution in [2.45, 2.75) is 46.1 Å².